The summed E-state index contributed by atoms with van der Waals surface area (Å²) in [5, 5.41) is 11.2. The second-order valence-corrected chi connectivity index (χ2v) is 8.58. The van der Waals surface area contributed by atoms with E-state index in [1.54, 1.807) is 11.8 Å². The van der Waals surface area contributed by atoms with Crippen molar-refractivity contribution in [2.75, 3.05) is 18.1 Å². The Hall–Kier alpha value is -0.950. The summed E-state index contributed by atoms with van der Waals surface area (Å²) >= 11 is 6.22. The molecular weight excluding hydrogens is 414 g/mol. The normalized spacial score (nSPS) is 11.2. The maximum absolute atomic E-state index is 11.4. The predicted octanol–water partition coefficient (Wildman–Crippen LogP) is 6.00. The summed E-state index contributed by atoms with van der Waals surface area (Å²) in [5.74, 6) is 0.309. The summed E-state index contributed by atoms with van der Waals surface area (Å²) in [5.41, 5.74) is 0. The third-order valence-electron chi connectivity index (χ3n) is 3.95. The number of aliphatic carboxylic acids is 1. The number of carboxylic acids is 1. The molecule has 0 aliphatic carbocycles. The van der Waals surface area contributed by atoms with Gasteiger partial charge in [-0.3, -0.25) is 4.79 Å². The van der Waals surface area contributed by atoms with Crippen LogP contribution in [0.4, 0.5) is 4.79 Å². The molecule has 0 saturated carbocycles. The molecule has 0 radical (unpaired) electrons. The first-order valence-electron chi connectivity index (χ1n) is 10.7. The molecule has 6 nitrogen and oxygen atoms in total. The minimum absolute atomic E-state index is 0.309. The first kappa shape index (κ1) is 30.2. The fourth-order valence-electron chi connectivity index (χ4n) is 2.45. The Morgan fingerprint density at radius 1 is 0.931 bits per heavy atom. The molecule has 0 aromatic carbocycles. The highest BCUT2D eigenvalue weighted by molar-refractivity contribution is 7.99. The second-order valence-electron chi connectivity index (χ2n) is 6.90. The standard InChI is InChI=1S/C19H37NO4S.C2H3ClO/c1-3-5-6-7-8-9-10-11-12-13-15-25-16-17(18(21)22)20-19(23)24-14-4-2;1-2(3)4/h17H,3-16H2,1-2H3,(H,20,23)(H,21,22);1H3/t17-;/m0./s1. The lowest BCUT2D eigenvalue weighted by Crippen LogP contribution is -2.43. The number of carbonyl (C=O) groups excluding carboxylic acids is 2. The minimum atomic E-state index is -1.01. The van der Waals surface area contributed by atoms with Gasteiger partial charge >= 0.3 is 12.1 Å². The number of carboxylic acid groups (broad SMARTS) is 1. The van der Waals surface area contributed by atoms with Crippen molar-refractivity contribution < 1.29 is 24.2 Å². The minimum Gasteiger partial charge on any atom is -0.480 e. The highest BCUT2D eigenvalue weighted by Crippen LogP contribution is 2.13. The molecule has 0 fully saturated rings. The van der Waals surface area contributed by atoms with E-state index in [1.807, 2.05) is 6.92 Å². The van der Waals surface area contributed by atoms with Crippen LogP contribution in [0.3, 0.4) is 0 Å². The Bertz CT molecular complexity index is 420. The van der Waals surface area contributed by atoms with E-state index in [2.05, 4.69) is 23.8 Å². The summed E-state index contributed by atoms with van der Waals surface area (Å²) in [4.78, 5) is 31.8. The van der Waals surface area contributed by atoms with Crippen molar-refractivity contribution in [2.24, 2.45) is 0 Å². The molecule has 1 amide bonds. The van der Waals surface area contributed by atoms with Crippen LogP contribution in [0.25, 0.3) is 0 Å². The van der Waals surface area contributed by atoms with Gasteiger partial charge in [-0.25, -0.2) is 9.59 Å². The Morgan fingerprint density at radius 2 is 1.41 bits per heavy atom. The molecule has 29 heavy (non-hydrogen) atoms. The summed E-state index contributed by atoms with van der Waals surface area (Å²) < 4.78 is 4.86. The largest absolute Gasteiger partial charge is 0.480 e. The van der Waals surface area contributed by atoms with E-state index in [0.717, 1.165) is 18.6 Å². The lowest BCUT2D eigenvalue weighted by Gasteiger charge is -2.14. The smallest absolute Gasteiger partial charge is 0.407 e. The fraction of sp³-hybridized carbons (Fsp3) is 0.857. The van der Waals surface area contributed by atoms with Gasteiger partial charge in [0.15, 0.2) is 0 Å². The highest BCUT2D eigenvalue weighted by atomic mass is 35.5. The molecule has 0 aliphatic heterocycles. The Balaban J connectivity index is 0. The maximum atomic E-state index is 11.4. The number of rotatable bonds is 17. The van der Waals surface area contributed by atoms with E-state index >= 15 is 0 Å². The zero-order valence-corrected chi connectivity index (χ0v) is 19.9. The van der Waals surface area contributed by atoms with E-state index in [0.29, 0.717) is 12.4 Å². The molecule has 1 atom stereocenters. The molecule has 172 valence electrons. The summed E-state index contributed by atoms with van der Waals surface area (Å²) in [6, 6.07) is -0.877. The number of alkyl carbamates (subject to hydrolysis) is 1. The zero-order valence-electron chi connectivity index (χ0n) is 18.3. The van der Waals surface area contributed by atoms with Gasteiger partial charge in [0, 0.05) is 12.7 Å². The van der Waals surface area contributed by atoms with Crippen LogP contribution < -0.4 is 5.32 Å². The molecule has 0 saturated heterocycles. The number of thioether (sulfide) groups is 1. The number of ether oxygens (including phenoxy) is 1. The fourth-order valence-corrected chi connectivity index (χ4v) is 3.48. The molecule has 0 heterocycles. The number of carbonyl (C=O) groups is 3. The number of nitrogens with one attached hydrogen (secondary N) is 1. The topological polar surface area (TPSA) is 92.7 Å². The van der Waals surface area contributed by atoms with Crippen molar-refractivity contribution in [1.29, 1.82) is 0 Å². The second kappa shape index (κ2) is 23.3. The first-order chi connectivity index (χ1) is 13.8. The van der Waals surface area contributed by atoms with Crippen molar-refractivity contribution in [3.63, 3.8) is 0 Å². The molecular formula is C21H40ClNO5S. The summed E-state index contributed by atoms with van der Waals surface area (Å²) in [7, 11) is 0. The Morgan fingerprint density at radius 3 is 1.86 bits per heavy atom. The summed E-state index contributed by atoms with van der Waals surface area (Å²) in [6.07, 6.45) is 13.0. The first-order valence-corrected chi connectivity index (χ1v) is 12.3. The van der Waals surface area contributed by atoms with Crippen LogP contribution in [0.15, 0.2) is 0 Å². The SMILES string of the molecule is CC(=O)Cl.CCCCCCCCCCCCSC[C@H](NC(=O)OCCC)C(=O)O. The number of hydrogen-bond donors (Lipinski definition) is 2. The lowest BCUT2D eigenvalue weighted by molar-refractivity contribution is -0.138. The van der Waals surface area contributed by atoms with Gasteiger partial charge in [0.1, 0.15) is 6.04 Å². The van der Waals surface area contributed by atoms with Crippen LogP contribution in [0.5, 0.6) is 0 Å². The third kappa shape index (κ3) is 27.1. The van der Waals surface area contributed by atoms with Gasteiger partial charge in [0.2, 0.25) is 5.24 Å². The monoisotopic (exact) mass is 453 g/mol. The molecule has 8 heteroatoms. The van der Waals surface area contributed by atoms with Crippen LogP contribution in [-0.4, -0.2) is 46.6 Å². The molecule has 0 aliphatic rings. The lowest BCUT2D eigenvalue weighted by atomic mass is 10.1. The van der Waals surface area contributed by atoms with Gasteiger partial charge in [-0.1, -0.05) is 71.6 Å². The zero-order chi connectivity index (χ0) is 22.3. The van der Waals surface area contributed by atoms with E-state index in [-0.39, 0.29) is 5.24 Å². The summed E-state index contributed by atoms with van der Waals surface area (Å²) in [6.45, 7) is 5.74. The average molecular weight is 454 g/mol. The molecule has 0 unspecified atom stereocenters. The van der Waals surface area contributed by atoms with Crippen LogP contribution in [0, 0.1) is 0 Å². The number of unbranched alkanes of at least 4 members (excludes halogenated alkanes) is 9. The number of hydrogen-bond acceptors (Lipinski definition) is 5. The molecule has 0 rings (SSSR count). The van der Waals surface area contributed by atoms with Gasteiger partial charge in [-0.05, 0) is 30.2 Å². The van der Waals surface area contributed by atoms with Crippen molar-refractivity contribution in [2.45, 2.75) is 97.4 Å². The van der Waals surface area contributed by atoms with Crippen LogP contribution in [0.2, 0.25) is 0 Å². The van der Waals surface area contributed by atoms with E-state index in [9.17, 15) is 14.4 Å². The van der Waals surface area contributed by atoms with Crippen molar-refractivity contribution in [1.82, 2.24) is 5.32 Å². The van der Waals surface area contributed by atoms with Gasteiger partial charge in [0.05, 0.1) is 6.61 Å². The van der Waals surface area contributed by atoms with E-state index in [1.165, 1.54) is 64.7 Å². The third-order valence-corrected chi connectivity index (χ3v) is 5.10. The van der Waals surface area contributed by atoms with Gasteiger partial charge in [-0.2, -0.15) is 11.8 Å². The number of halogens is 1. The average Bonchev–Trinajstić information content (AvgIpc) is 2.65. The highest BCUT2D eigenvalue weighted by Gasteiger charge is 2.20. The Labute approximate surface area is 185 Å². The maximum Gasteiger partial charge on any atom is 0.407 e. The quantitative estimate of drug-likeness (QED) is 0.207. The van der Waals surface area contributed by atoms with Crippen LogP contribution in [-0.2, 0) is 14.3 Å². The predicted molar refractivity (Wildman–Crippen MR) is 122 cm³/mol. The number of amides is 1. The van der Waals surface area contributed by atoms with E-state index in [4.69, 9.17) is 9.84 Å². The van der Waals surface area contributed by atoms with Crippen LogP contribution >= 0.6 is 23.4 Å². The molecule has 2 N–H and O–H groups in total. The van der Waals surface area contributed by atoms with Crippen molar-refractivity contribution >= 4 is 40.7 Å². The van der Waals surface area contributed by atoms with Gasteiger partial charge in [0.25, 0.3) is 0 Å². The molecule has 0 aromatic heterocycles. The van der Waals surface area contributed by atoms with Gasteiger partial charge in [-0.15, -0.1) is 0 Å². The molecule has 0 aromatic rings. The van der Waals surface area contributed by atoms with Crippen molar-refractivity contribution in [3.8, 4) is 0 Å². The molecule has 0 spiro atoms. The van der Waals surface area contributed by atoms with Crippen molar-refractivity contribution in [3.05, 3.63) is 0 Å². The van der Waals surface area contributed by atoms with Gasteiger partial charge < -0.3 is 15.2 Å². The Kier molecular flexibility index (Phi) is 24.3. The molecule has 0 bridgehead atoms. The van der Waals surface area contributed by atoms with E-state index < -0.39 is 18.1 Å². The van der Waals surface area contributed by atoms with Crippen LogP contribution in [0.1, 0.15) is 91.4 Å².